The second-order valence-corrected chi connectivity index (χ2v) is 7.37. The highest BCUT2D eigenvalue weighted by Gasteiger charge is 2.11. The predicted octanol–water partition coefficient (Wildman–Crippen LogP) is 3.97. The molecule has 0 aliphatic carbocycles. The van der Waals surface area contributed by atoms with Crippen molar-refractivity contribution in [3.8, 4) is 5.75 Å². The van der Waals surface area contributed by atoms with Crippen LogP contribution < -0.4 is 21.3 Å². The molecule has 0 radical (unpaired) electrons. The third kappa shape index (κ3) is 7.56. The van der Waals surface area contributed by atoms with E-state index in [0.29, 0.717) is 34.9 Å². The van der Waals surface area contributed by atoms with Gasteiger partial charge < -0.3 is 15.8 Å². The Hall–Kier alpha value is -3.07. The van der Waals surface area contributed by atoms with E-state index in [9.17, 15) is 9.59 Å². The summed E-state index contributed by atoms with van der Waals surface area (Å²) in [5.74, 6) is -0.128. The highest BCUT2D eigenvalue weighted by molar-refractivity contribution is 6.39. The molecule has 0 saturated carbocycles. The molecule has 0 unspecified atom stereocenters. The maximum absolute atomic E-state index is 12.5. The third-order valence-electron chi connectivity index (χ3n) is 4.04. The number of anilines is 1. The number of methoxy groups -OCH3 is 1. The summed E-state index contributed by atoms with van der Waals surface area (Å²) in [5.41, 5.74) is 10.8. The van der Waals surface area contributed by atoms with Crippen molar-refractivity contribution >= 4 is 52.2 Å². The number of benzene rings is 2. The molecule has 0 heterocycles. The first-order valence-corrected chi connectivity index (χ1v) is 10.4. The number of hydrogen-bond donors (Lipinski definition) is 3. The quantitative estimate of drug-likeness (QED) is 0.217. The van der Waals surface area contributed by atoms with Crippen LogP contribution in [0.1, 0.15) is 25.0 Å². The standard InChI is InChI=1S/C22H24Cl2N4O4/c1-4-32-28-19(15-5-7-16(31-3)8-6-15)12-21(30)27-20(25)11-14-9-17(23)22(18(24)10-14)26-13(2)29/h5-10,12,28H,4,11H2,1-3H3,(H,26,29)(H2,25,27,30). The molecule has 0 aromatic heterocycles. The number of carbonyl (C=O) groups excluding carboxylic acids is 2. The van der Waals surface area contributed by atoms with Gasteiger partial charge in [-0.05, 0) is 48.9 Å². The lowest BCUT2D eigenvalue weighted by molar-refractivity contribution is -0.114. The Labute approximate surface area is 196 Å². The Kier molecular flexibility index (Phi) is 9.52. The van der Waals surface area contributed by atoms with Gasteiger partial charge in [0.25, 0.3) is 5.91 Å². The molecule has 170 valence electrons. The van der Waals surface area contributed by atoms with Crippen LogP contribution in [0.15, 0.2) is 47.5 Å². The van der Waals surface area contributed by atoms with E-state index in [-0.39, 0.29) is 28.2 Å². The van der Waals surface area contributed by atoms with E-state index in [1.165, 1.54) is 13.0 Å². The summed E-state index contributed by atoms with van der Waals surface area (Å²) in [7, 11) is 1.57. The maximum atomic E-state index is 12.5. The largest absolute Gasteiger partial charge is 0.497 e. The number of hydrogen-bond acceptors (Lipinski definition) is 5. The lowest BCUT2D eigenvalue weighted by atomic mass is 10.1. The van der Waals surface area contributed by atoms with Crippen LogP contribution in [-0.2, 0) is 20.8 Å². The van der Waals surface area contributed by atoms with Gasteiger partial charge in [0, 0.05) is 25.0 Å². The van der Waals surface area contributed by atoms with Gasteiger partial charge in [-0.25, -0.2) is 0 Å². The zero-order chi connectivity index (χ0) is 23.7. The number of rotatable bonds is 9. The predicted molar refractivity (Wildman–Crippen MR) is 127 cm³/mol. The zero-order valence-corrected chi connectivity index (χ0v) is 19.4. The maximum Gasteiger partial charge on any atom is 0.273 e. The van der Waals surface area contributed by atoms with Crippen molar-refractivity contribution in [3.63, 3.8) is 0 Å². The summed E-state index contributed by atoms with van der Waals surface area (Å²) in [6.07, 6.45) is 1.42. The average Bonchev–Trinajstić information content (AvgIpc) is 2.73. The summed E-state index contributed by atoms with van der Waals surface area (Å²) in [6.45, 7) is 3.55. The number of amidine groups is 1. The second-order valence-electron chi connectivity index (χ2n) is 6.56. The van der Waals surface area contributed by atoms with Crippen molar-refractivity contribution in [3.05, 3.63) is 63.6 Å². The third-order valence-corrected chi connectivity index (χ3v) is 4.63. The van der Waals surface area contributed by atoms with E-state index in [2.05, 4.69) is 15.8 Å². The molecule has 4 N–H and O–H groups in total. The summed E-state index contributed by atoms with van der Waals surface area (Å²) >= 11 is 12.4. The number of nitrogens with two attached hydrogens (primary N) is 1. The summed E-state index contributed by atoms with van der Waals surface area (Å²) in [5, 5.41) is 3.07. The Morgan fingerprint density at radius 3 is 2.31 bits per heavy atom. The molecule has 0 atom stereocenters. The summed E-state index contributed by atoms with van der Waals surface area (Å²) in [6, 6.07) is 10.3. The van der Waals surface area contributed by atoms with Crippen LogP contribution in [0.5, 0.6) is 5.75 Å². The van der Waals surface area contributed by atoms with Gasteiger partial charge in [0.2, 0.25) is 5.91 Å². The van der Waals surface area contributed by atoms with Crippen LogP contribution >= 0.6 is 23.2 Å². The first kappa shape index (κ1) is 25.2. The van der Waals surface area contributed by atoms with Crippen LogP contribution in [0.25, 0.3) is 5.70 Å². The molecular formula is C22H24Cl2N4O4. The highest BCUT2D eigenvalue weighted by Crippen LogP contribution is 2.32. The van der Waals surface area contributed by atoms with Gasteiger partial charge in [-0.1, -0.05) is 23.2 Å². The molecule has 8 nitrogen and oxygen atoms in total. The number of carbonyl (C=O) groups is 2. The van der Waals surface area contributed by atoms with E-state index in [0.717, 1.165) is 0 Å². The molecule has 0 saturated heterocycles. The molecule has 0 spiro atoms. The Bertz CT molecular complexity index is 1010. The fourth-order valence-corrected chi connectivity index (χ4v) is 3.29. The molecule has 2 aromatic carbocycles. The second kappa shape index (κ2) is 12.1. The van der Waals surface area contributed by atoms with Crippen molar-refractivity contribution in [2.75, 3.05) is 19.0 Å². The number of nitrogens with one attached hydrogen (secondary N) is 2. The molecule has 0 bridgehead atoms. The summed E-state index contributed by atoms with van der Waals surface area (Å²) < 4.78 is 5.15. The normalized spacial score (nSPS) is 11.8. The Morgan fingerprint density at radius 1 is 1.16 bits per heavy atom. The lowest BCUT2D eigenvalue weighted by Gasteiger charge is -2.11. The number of halogens is 2. The van der Waals surface area contributed by atoms with Crippen LogP contribution in [0.3, 0.4) is 0 Å². The van der Waals surface area contributed by atoms with Gasteiger partial charge in [0.15, 0.2) is 0 Å². The lowest BCUT2D eigenvalue weighted by Crippen LogP contribution is -2.18. The molecule has 10 heteroatoms. The number of amides is 2. The van der Waals surface area contributed by atoms with Gasteiger partial charge >= 0.3 is 0 Å². The van der Waals surface area contributed by atoms with Gasteiger partial charge in [-0.2, -0.15) is 4.99 Å². The molecular weight excluding hydrogens is 455 g/mol. The van der Waals surface area contributed by atoms with Crippen molar-refractivity contribution in [2.24, 2.45) is 10.7 Å². The summed E-state index contributed by atoms with van der Waals surface area (Å²) in [4.78, 5) is 32.9. The monoisotopic (exact) mass is 478 g/mol. The smallest absolute Gasteiger partial charge is 0.273 e. The first-order valence-electron chi connectivity index (χ1n) is 9.59. The van der Waals surface area contributed by atoms with E-state index >= 15 is 0 Å². The zero-order valence-electron chi connectivity index (χ0n) is 17.9. The van der Waals surface area contributed by atoms with Crippen LogP contribution in [0.4, 0.5) is 5.69 Å². The van der Waals surface area contributed by atoms with E-state index in [1.807, 2.05) is 6.92 Å². The molecule has 0 aliphatic rings. The van der Waals surface area contributed by atoms with Crippen molar-refractivity contribution in [1.29, 1.82) is 0 Å². The van der Waals surface area contributed by atoms with Gasteiger partial charge in [-0.3, -0.25) is 19.9 Å². The minimum Gasteiger partial charge on any atom is -0.497 e. The van der Waals surface area contributed by atoms with Crippen LogP contribution in [0, 0.1) is 0 Å². The minimum atomic E-state index is -0.576. The molecule has 0 fully saturated rings. The Morgan fingerprint density at radius 2 is 1.78 bits per heavy atom. The van der Waals surface area contributed by atoms with Crippen LogP contribution in [-0.4, -0.2) is 31.4 Å². The highest BCUT2D eigenvalue weighted by atomic mass is 35.5. The van der Waals surface area contributed by atoms with E-state index in [1.54, 1.807) is 43.5 Å². The van der Waals surface area contributed by atoms with Crippen molar-refractivity contribution < 1.29 is 19.2 Å². The fourth-order valence-electron chi connectivity index (χ4n) is 2.66. The first-order chi connectivity index (χ1) is 15.2. The number of ether oxygens (including phenoxy) is 1. The number of hydroxylamine groups is 1. The number of nitrogens with zero attached hydrogens (tertiary/aromatic N) is 1. The average molecular weight is 479 g/mol. The minimum absolute atomic E-state index is 0.0659. The molecule has 2 aromatic rings. The molecule has 32 heavy (non-hydrogen) atoms. The van der Waals surface area contributed by atoms with Gasteiger partial charge in [0.1, 0.15) is 11.6 Å². The fraction of sp³-hybridized carbons (Fsp3) is 0.227. The topological polar surface area (TPSA) is 115 Å². The van der Waals surface area contributed by atoms with Gasteiger partial charge in [0.05, 0.1) is 35.1 Å². The molecule has 0 aliphatic heterocycles. The van der Waals surface area contributed by atoms with E-state index in [4.69, 9.17) is 38.5 Å². The molecule has 2 amide bonds. The SMILES string of the molecule is CCONC(=CC(=O)N=C(N)Cc1cc(Cl)c(NC(C)=O)c(Cl)c1)c1ccc(OC)cc1. The Balaban J connectivity index is 2.20. The van der Waals surface area contributed by atoms with E-state index < -0.39 is 5.91 Å². The molecule has 2 rings (SSSR count). The van der Waals surface area contributed by atoms with Crippen LogP contribution in [0.2, 0.25) is 10.0 Å². The van der Waals surface area contributed by atoms with Crippen molar-refractivity contribution in [1.82, 2.24) is 5.48 Å². The van der Waals surface area contributed by atoms with Gasteiger partial charge in [-0.15, -0.1) is 0 Å². The van der Waals surface area contributed by atoms with Crippen molar-refractivity contribution in [2.45, 2.75) is 20.3 Å². The number of aliphatic imine (C=N–C) groups is 1.